The van der Waals surface area contributed by atoms with Crippen molar-refractivity contribution in [3.8, 4) is 11.6 Å². The van der Waals surface area contributed by atoms with Crippen molar-refractivity contribution in [2.45, 2.75) is 0 Å². The summed E-state index contributed by atoms with van der Waals surface area (Å²) < 4.78 is 5.47. The van der Waals surface area contributed by atoms with Crippen molar-refractivity contribution < 1.29 is 9.62 Å². The monoisotopic (exact) mass is 331 g/mol. The second-order valence-electron chi connectivity index (χ2n) is 4.28. The highest BCUT2D eigenvalue weighted by Gasteiger charge is 2.13. The Morgan fingerprint density at radius 1 is 1.26 bits per heavy atom. The first-order valence-electron chi connectivity index (χ1n) is 6.33. The number of aromatic nitrogens is 4. The van der Waals surface area contributed by atoms with Gasteiger partial charge in [-0.2, -0.15) is 0 Å². The summed E-state index contributed by atoms with van der Waals surface area (Å²) in [6.07, 6.45) is 2.99. The van der Waals surface area contributed by atoms with Crippen molar-refractivity contribution in [3.63, 3.8) is 0 Å². The summed E-state index contributed by atoms with van der Waals surface area (Å²) in [7, 11) is 0. The van der Waals surface area contributed by atoms with Crippen molar-refractivity contribution in [1.29, 1.82) is 0 Å². The molecule has 3 aromatic rings. The highest BCUT2D eigenvalue weighted by atomic mass is 35.5. The Balaban J connectivity index is 1.87. The Kier molecular flexibility index (Phi) is 4.02. The fourth-order valence-corrected chi connectivity index (χ4v) is 1.86. The Labute approximate surface area is 134 Å². The molecule has 0 amide bonds. The molecule has 3 aromatic heterocycles. The summed E-state index contributed by atoms with van der Waals surface area (Å²) in [6, 6.07) is 6.78. The molecule has 10 heteroatoms. The standard InChI is InChI=1S/C13H10ClN7O2/c14-7-3-4-9(17-6-7)12-19-20-13(23-12)18-8-2-1-5-16-10(8)11(15)21-22/h1-6,22H,(H2,15,21)(H,18,20). The van der Waals surface area contributed by atoms with Gasteiger partial charge in [0.15, 0.2) is 5.84 Å². The van der Waals surface area contributed by atoms with Gasteiger partial charge < -0.3 is 20.7 Å². The zero-order chi connectivity index (χ0) is 16.2. The molecule has 3 rings (SSSR count). The number of hydrogen-bond donors (Lipinski definition) is 3. The van der Waals surface area contributed by atoms with E-state index in [2.05, 4.69) is 30.6 Å². The Hall–Kier alpha value is -3.20. The average molecular weight is 332 g/mol. The van der Waals surface area contributed by atoms with Crippen molar-refractivity contribution in [2.24, 2.45) is 10.9 Å². The summed E-state index contributed by atoms with van der Waals surface area (Å²) in [4.78, 5) is 8.11. The molecule has 0 spiro atoms. The molecule has 116 valence electrons. The summed E-state index contributed by atoms with van der Waals surface area (Å²) in [5.74, 6) is 0.0746. The summed E-state index contributed by atoms with van der Waals surface area (Å²) >= 11 is 5.78. The molecule has 0 unspecified atom stereocenters. The van der Waals surface area contributed by atoms with Crippen LogP contribution in [0.1, 0.15) is 5.69 Å². The van der Waals surface area contributed by atoms with Gasteiger partial charge in [0.05, 0.1) is 10.7 Å². The zero-order valence-electron chi connectivity index (χ0n) is 11.5. The molecule has 0 aliphatic carbocycles. The van der Waals surface area contributed by atoms with E-state index in [1.165, 1.54) is 12.4 Å². The first-order chi connectivity index (χ1) is 11.2. The minimum absolute atomic E-state index is 0.108. The lowest BCUT2D eigenvalue weighted by atomic mass is 10.3. The Bertz CT molecular complexity index is 848. The molecule has 0 bridgehead atoms. The number of halogens is 1. The molecule has 23 heavy (non-hydrogen) atoms. The molecule has 0 aliphatic heterocycles. The molecular formula is C13H10ClN7O2. The van der Waals surface area contributed by atoms with Crippen LogP contribution in [0.2, 0.25) is 5.02 Å². The molecule has 0 radical (unpaired) electrons. The van der Waals surface area contributed by atoms with E-state index in [9.17, 15) is 0 Å². The first-order valence-corrected chi connectivity index (χ1v) is 6.70. The van der Waals surface area contributed by atoms with E-state index in [1.807, 2.05) is 0 Å². The predicted octanol–water partition coefficient (Wildman–Crippen LogP) is 2.02. The van der Waals surface area contributed by atoms with E-state index in [4.69, 9.17) is 27.0 Å². The highest BCUT2D eigenvalue weighted by Crippen LogP contribution is 2.22. The van der Waals surface area contributed by atoms with Crippen molar-refractivity contribution in [1.82, 2.24) is 20.2 Å². The van der Waals surface area contributed by atoms with E-state index in [0.717, 1.165) is 0 Å². The third-order valence-corrected chi connectivity index (χ3v) is 2.99. The van der Waals surface area contributed by atoms with Crippen LogP contribution in [0, 0.1) is 0 Å². The second-order valence-corrected chi connectivity index (χ2v) is 4.72. The molecule has 0 aliphatic rings. The fraction of sp³-hybridized carbons (Fsp3) is 0. The van der Waals surface area contributed by atoms with Gasteiger partial charge in [-0.3, -0.25) is 4.98 Å². The Morgan fingerprint density at radius 2 is 2.13 bits per heavy atom. The van der Waals surface area contributed by atoms with Crippen LogP contribution in [-0.4, -0.2) is 31.2 Å². The van der Waals surface area contributed by atoms with Crippen LogP contribution in [0.5, 0.6) is 0 Å². The van der Waals surface area contributed by atoms with E-state index in [0.29, 0.717) is 16.4 Å². The van der Waals surface area contributed by atoms with Gasteiger partial charge in [0.25, 0.3) is 5.89 Å². The zero-order valence-corrected chi connectivity index (χ0v) is 12.3. The lowest BCUT2D eigenvalue weighted by Crippen LogP contribution is -2.16. The van der Waals surface area contributed by atoms with Crippen molar-refractivity contribution in [2.75, 3.05) is 5.32 Å². The number of hydrogen-bond acceptors (Lipinski definition) is 8. The number of nitrogens with one attached hydrogen (secondary N) is 1. The average Bonchev–Trinajstić information content (AvgIpc) is 3.04. The minimum atomic E-state index is -0.146. The van der Waals surface area contributed by atoms with Gasteiger partial charge in [-0.1, -0.05) is 21.9 Å². The van der Waals surface area contributed by atoms with Crippen LogP contribution in [0.3, 0.4) is 0 Å². The molecule has 0 saturated heterocycles. The van der Waals surface area contributed by atoms with Gasteiger partial charge in [-0.15, -0.1) is 5.10 Å². The van der Waals surface area contributed by atoms with Crippen LogP contribution >= 0.6 is 11.6 Å². The molecule has 9 nitrogen and oxygen atoms in total. The predicted molar refractivity (Wildman–Crippen MR) is 82.6 cm³/mol. The van der Waals surface area contributed by atoms with Gasteiger partial charge in [-0.05, 0) is 24.3 Å². The third-order valence-electron chi connectivity index (χ3n) is 2.77. The smallest absolute Gasteiger partial charge is 0.320 e. The summed E-state index contributed by atoms with van der Waals surface area (Å²) in [6.45, 7) is 0. The molecule has 0 saturated carbocycles. The fourth-order valence-electron chi connectivity index (χ4n) is 1.75. The van der Waals surface area contributed by atoms with Gasteiger partial charge in [0, 0.05) is 12.4 Å². The number of oxime groups is 1. The van der Waals surface area contributed by atoms with E-state index < -0.39 is 0 Å². The molecule has 0 fully saturated rings. The number of nitrogens with zero attached hydrogens (tertiary/aromatic N) is 5. The van der Waals surface area contributed by atoms with Crippen LogP contribution < -0.4 is 11.1 Å². The van der Waals surface area contributed by atoms with Gasteiger partial charge in [0.2, 0.25) is 0 Å². The number of nitrogens with two attached hydrogens (primary N) is 1. The molecule has 3 heterocycles. The molecular weight excluding hydrogens is 322 g/mol. The number of anilines is 2. The van der Waals surface area contributed by atoms with Crippen LogP contribution in [0.25, 0.3) is 11.6 Å². The van der Waals surface area contributed by atoms with E-state index in [1.54, 1.807) is 24.3 Å². The van der Waals surface area contributed by atoms with Gasteiger partial charge >= 0.3 is 6.01 Å². The lowest BCUT2D eigenvalue weighted by molar-refractivity contribution is 0.318. The van der Waals surface area contributed by atoms with Gasteiger partial charge in [-0.25, -0.2) is 4.98 Å². The van der Waals surface area contributed by atoms with Crippen LogP contribution in [0.15, 0.2) is 46.2 Å². The maximum atomic E-state index is 8.78. The largest absolute Gasteiger partial charge is 0.409 e. The maximum Gasteiger partial charge on any atom is 0.320 e. The lowest BCUT2D eigenvalue weighted by Gasteiger charge is -2.06. The third kappa shape index (κ3) is 3.19. The molecule has 0 atom stereocenters. The van der Waals surface area contributed by atoms with Crippen LogP contribution in [-0.2, 0) is 0 Å². The molecule has 0 aromatic carbocycles. The number of rotatable bonds is 4. The highest BCUT2D eigenvalue weighted by molar-refractivity contribution is 6.30. The topological polar surface area (TPSA) is 135 Å². The molecule has 4 N–H and O–H groups in total. The normalized spacial score (nSPS) is 11.4. The van der Waals surface area contributed by atoms with Crippen LogP contribution in [0.4, 0.5) is 11.7 Å². The van der Waals surface area contributed by atoms with E-state index >= 15 is 0 Å². The van der Waals surface area contributed by atoms with E-state index in [-0.39, 0.29) is 23.4 Å². The first kappa shape index (κ1) is 14.7. The number of pyridine rings is 2. The summed E-state index contributed by atoms with van der Waals surface area (Å²) in [5, 5.41) is 22.8. The SMILES string of the molecule is NC(=NO)c1ncccc1Nc1nnc(-c2ccc(Cl)cn2)o1. The minimum Gasteiger partial charge on any atom is -0.409 e. The quantitative estimate of drug-likeness (QED) is 0.286. The second kappa shape index (κ2) is 6.28. The Morgan fingerprint density at radius 3 is 2.87 bits per heavy atom. The summed E-state index contributed by atoms with van der Waals surface area (Å²) in [5.41, 5.74) is 6.75. The maximum absolute atomic E-state index is 8.78. The van der Waals surface area contributed by atoms with Gasteiger partial charge in [0.1, 0.15) is 11.4 Å². The number of amidine groups is 1. The van der Waals surface area contributed by atoms with Crippen molar-refractivity contribution >= 4 is 29.1 Å². The van der Waals surface area contributed by atoms with Crippen molar-refractivity contribution in [3.05, 3.63) is 47.4 Å².